The molecule has 4 heteroatoms. The van der Waals surface area contributed by atoms with Crippen molar-refractivity contribution in [1.29, 1.82) is 0 Å². The van der Waals surface area contributed by atoms with Crippen molar-refractivity contribution in [3.8, 4) is 5.75 Å². The number of rotatable bonds is 1. The predicted octanol–water partition coefficient (Wildman–Crippen LogP) is 2.40. The SMILES string of the molecule is CC(C)(O)c1cccc2c1C(=O)c1c(O)cccc1C2=O. The van der Waals surface area contributed by atoms with Gasteiger partial charge in [-0.05, 0) is 25.5 Å². The van der Waals surface area contributed by atoms with E-state index in [9.17, 15) is 19.8 Å². The van der Waals surface area contributed by atoms with Gasteiger partial charge in [0, 0.05) is 16.7 Å². The summed E-state index contributed by atoms with van der Waals surface area (Å²) in [6.45, 7) is 3.11. The summed E-state index contributed by atoms with van der Waals surface area (Å²) in [6.07, 6.45) is 0. The Balaban J connectivity index is 2.37. The van der Waals surface area contributed by atoms with Crippen molar-refractivity contribution >= 4 is 11.6 Å². The molecule has 0 heterocycles. The molecule has 2 aromatic rings. The highest BCUT2D eigenvalue weighted by Crippen LogP contribution is 2.36. The number of hydrogen-bond donors (Lipinski definition) is 2. The Morgan fingerprint density at radius 1 is 0.857 bits per heavy atom. The van der Waals surface area contributed by atoms with Crippen LogP contribution < -0.4 is 0 Å². The molecule has 0 unspecified atom stereocenters. The van der Waals surface area contributed by atoms with Gasteiger partial charge in [0.15, 0.2) is 11.6 Å². The standard InChI is InChI=1S/C17H14O4/c1-17(2,21)11-7-3-5-9-13(11)16(20)14-10(15(9)19)6-4-8-12(14)18/h3-8,18,21H,1-2H3. The second kappa shape index (κ2) is 4.27. The highest BCUT2D eigenvalue weighted by Gasteiger charge is 2.36. The van der Waals surface area contributed by atoms with Crippen LogP contribution in [0, 0.1) is 0 Å². The number of carbonyl (C=O) groups excluding carboxylic acids is 2. The van der Waals surface area contributed by atoms with Crippen LogP contribution in [0.25, 0.3) is 0 Å². The van der Waals surface area contributed by atoms with Crippen LogP contribution in [0.2, 0.25) is 0 Å². The first-order valence-electron chi connectivity index (χ1n) is 6.59. The molecule has 0 radical (unpaired) electrons. The van der Waals surface area contributed by atoms with Gasteiger partial charge >= 0.3 is 0 Å². The molecule has 0 fully saturated rings. The molecule has 0 atom stereocenters. The average molecular weight is 282 g/mol. The summed E-state index contributed by atoms with van der Waals surface area (Å²) in [5.74, 6) is -0.973. The van der Waals surface area contributed by atoms with Gasteiger partial charge in [-0.25, -0.2) is 0 Å². The fourth-order valence-electron chi connectivity index (χ4n) is 2.73. The molecule has 2 aromatic carbocycles. The second-order valence-electron chi connectivity index (χ2n) is 5.65. The number of benzene rings is 2. The van der Waals surface area contributed by atoms with E-state index in [0.29, 0.717) is 5.56 Å². The average Bonchev–Trinajstić information content (AvgIpc) is 2.43. The van der Waals surface area contributed by atoms with Crippen molar-refractivity contribution in [3.63, 3.8) is 0 Å². The first kappa shape index (κ1) is 13.5. The maximum absolute atomic E-state index is 12.7. The summed E-state index contributed by atoms with van der Waals surface area (Å²) in [5, 5.41) is 20.2. The Labute approximate surface area is 121 Å². The van der Waals surface area contributed by atoms with Crippen LogP contribution in [0.3, 0.4) is 0 Å². The molecule has 21 heavy (non-hydrogen) atoms. The van der Waals surface area contributed by atoms with Crippen molar-refractivity contribution in [2.75, 3.05) is 0 Å². The lowest BCUT2D eigenvalue weighted by Crippen LogP contribution is -2.27. The third kappa shape index (κ3) is 1.87. The van der Waals surface area contributed by atoms with Crippen LogP contribution in [0.4, 0.5) is 0 Å². The van der Waals surface area contributed by atoms with Gasteiger partial charge in [0.1, 0.15) is 5.75 Å². The van der Waals surface area contributed by atoms with Crippen LogP contribution in [-0.4, -0.2) is 21.8 Å². The second-order valence-corrected chi connectivity index (χ2v) is 5.65. The van der Waals surface area contributed by atoms with Gasteiger partial charge in [-0.3, -0.25) is 9.59 Å². The van der Waals surface area contributed by atoms with Gasteiger partial charge < -0.3 is 10.2 Å². The van der Waals surface area contributed by atoms with Crippen molar-refractivity contribution in [1.82, 2.24) is 0 Å². The van der Waals surface area contributed by atoms with E-state index < -0.39 is 11.4 Å². The lowest BCUT2D eigenvalue weighted by atomic mass is 9.78. The topological polar surface area (TPSA) is 74.6 Å². The smallest absolute Gasteiger partial charge is 0.198 e. The Morgan fingerprint density at radius 2 is 1.43 bits per heavy atom. The van der Waals surface area contributed by atoms with Crippen molar-refractivity contribution in [2.45, 2.75) is 19.4 Å². The summed E-state index contributed by atoms with van der Waals surface area (Å²) >= 11 is 0. The number of aromatic hydroxyl groups is 1. The zero-order valence-corrected chi connectivity index (χ0v) is 11.7. The van der Waals surface area contributed by atoms with Crippen molar-refractivity contribution in [3.05, 3.63) is 64.2 Å². The minimum Gasteiger partial charge on any atom is -0.507 e. The van der Waals surface area contributed by atoms with E-state index in [-0.39, 0.29) is 33.8 Å². The predicted molar refractivity (Wildman–Crippen MR) is 76.7 cm³/mol. The highest BCUT2D eigenvalue weighted by atomic mass is 16.3. The lowest BCUT2D eigenvalue weighted by Gasteiger charge is -2.26. The van der Waals surface area contributed by atoms with Gasteiger partial charge in [0.2, 0.25) is 0 Å². The molecule has 0 bridgehead atoms. The van der Waals surface area contributed by atoms with Gasteiger partial charge in [0.25, 0.3) is 0 Å². The van der Waals surface area contributed by atoms with Crippen LogP contribution in [-0.2, 0) is 5.60 Å². The van der Waals surface area contributed by atoms with Gasteiger partial charge in [-0.1, -0.05) is 30.3 Å². The monoisotopic (exact) mass is 282 g/mol. The maximum Gasteiger partial charge on any atom is 0.198 e. The van der Waals surface area contributed by atoms with E-state index in [4.69, 9.17) is 0 Å². The molecule has 0 spiro atoms. The summed E-state index contributed by atoms with van der Waals surface area (Å²) in [4.78, 5) is 25.3. The Bertz CT molecular complexity index is 782. The van der Waals surface area contributed by atoms with Gasteiger partial charge in [-0.15, -0.1) is 0 Å². The van der Waals surface area contributed by atoms with E-state index in [1.165, 1.54) is 18.2 Å². The van der Waals surface area contributed by atoms with Crippen LogP contribution in [0.15, 0.2) is 36.4 Å². The normalized spacial score (nSPS) is 13.9. The molecule has 2 N–H and O–H groups in total. The highest BCUT2D eigenvalue weighted by molar-refractivity contribution is 6.29. The van der Waals surface area contributed by atoms with Gasteiger partial charge in [0.05, 0.1) is 11.2 Å². The molecule has 0 amide bonds. The molecule has 3 rings (SSSR count). The molecule has 4 nitrogen and oxygen atoms in total. The Morgan fingerprint density at radius 3 is 2.05 bits per heavy atom. The molecule has 0 saturated carbocycles. The summed E-state index contributed by atoms with van der Waals surface area (Å²) < 4.78 is 0. The maximum atomic E-state index is 12.7. The molecule has 0 aliphatic heterocycles. The quantitative estimate of drug-likeness (QED) is 0.718. The first-order valence-corrected chi connectivity index (χ1v) is 6.59. The fraction of sp³-hybridized carbons (Fsp3) is 0.176. The number of phenolic OH excluding ortho intramolecular Hbond substituents is 1. The fourth-order valence-corrected chi connectivity index (χ4v) is 2.73. The van der Waals surface area contributed by atoms with E-state index >= 15 is 0 Å². The number of phenols is 1. The van der Waals surface area contributed by atoms with E-state index in [2.05, 4.69) is 0 Å². The van der Waals surface area contributed by atoms with Gasteiger partial charge in [-0.2, -0.15) is 0 Å². The van der Waals surface area contributed by atoms with Crippen molar-refractivity contribution < 1.29 is 19.8 Å². The number of aliphatic hydroxyl groups is 1. The first-order chi connectivity index (χ1) is 9.82. The summed E-state index contributed by atoms with van der Waals surface area (Å²) in [5.41, 5.74) is -0.246. The molecule has 1 aliphatic carbocycles. The van der Waals surface area contributed by atoms with Crippen LogP contribution >= 0.6 is 0 Å². The molecular weight excluding hydrogens is 268 g/mol. The number of carbonyl (C=O) groups is 2. The Kier molecular flexibility index (Phi) is 2.75. The number of fused-ring (bicyclic) bond motifs is 2. The lowest BCUT2D eigenvalue weighted by molar-refractivity contribution is 0.0755. The molecular formula is C17H14O4. The zero-order chi connectivity index (χ0) is 15.4. The minimum absolute atomic E-state index is 0.00620. The van der Waals surface area contributed by atoms with Crippen LogP contribution in [0.1, 0.15) is 51.3 Å². The minimum atomic E-state index is -1.26. The molecule has 1 aliphatic rings. The molecule has 0 saturated heterocycles. The van der Waals surface area contributed by atoms with E-state index in [1.54, 1.807) is 32.0 Å². The number of hydrogen-bond acceptors (Lipinski definition) is 4. The number of ketones is 2. The van der Waals surface area contributed by atoms with Crippen molar-refractivity contribution in [2.24, 2.45) is 0 Å². The van der Waals surface area contributed by atoms with E-state index in [1.807, 2.05) is 0 Å². The zero-order valence-electron chi connectivity index (χ0n) is 11.7. The summed E-state index contributed by atoms with van der Waals surface area (Å²) in [7, 11) is 0. The van der Waals surface area contributed by atoms with E-state index in [0.717, 1.165) is 0 Å². The molecule has 0 aromatic heterocycles. The Hall–Kier alpha value is -2.46. The largest absolute Gasteiger partial charge is 0.507 e. The molecule has 106 valence electrons. The van der Waals surface area contributed by atoms with Crippen LogP contribution in [0.5, 0.6) is 5.75 Å². The summed E-state index contributed by atoms with van der Waals surface area (Å²) in [6, 6.07) is 9.26. The third-order valence-electron chi connectivity index (χ3n) is 3.71. The third-order valence-corrected chi connectivity index (χ3v) is 3.71.